The van der Waals surface area contributed by atoms with Gasteiger partial charge in [0.25, 0.3) is 0 Å². The number of halogens is 2. The maximum atomic E-state index is 11.5. The molecule has 0 N–H and O–H groups in total. The summed E-state index contributed by atoms with van der Waals surface area (Å²) in [6.07, 6.45) is 2.10. The van der Waals surface area contributed by atoms with Crippen LogP contribution in [0.15, 0.2) is 22.7 Å². The molecule has 0 heterocycles. The number of aryl methyl sites for hydroxylation is 1. The minimum Gasteiger partial charge on any atom is -0.462 e. The molecule has 88 valence electrons. The summed E-state index contributed by atoms with van der Waals surface area (Å²) in [6.45, 7) is 2.20. The van der Waals surface area contributed by atoms with Crippen LogP contribution >= 0.6 is 31.9 Å². The average Bonchev–Trinajstić information content (AvgIpc) is 2.26. The molecule has 0 fully saturated rings. The molecule has 0 aliphatic carbocycles. The third-order valence-electron chi connectivity index (χ3n) is 2.13. The zero-order valence-corrected chi connectivity index (χ0v) is 12.3. The Morgan fingerprint density at radius 1 is 1.44 bits per heavy atom. The van der Waals surface area contributed by atoms with Crippen LogP contribution in [0, 0.1) is 0 Å². The van der Waals surface area contributed by atoms with E-state index in [9.17, 15) is 4.79 Å². The van der Waals surface area contributed by atoms with Crippen molar-refractivity contribution in [1.29, 1.82) is 0 Å². The minimum atomic E-state index is -0.276. The maximum absolute atomic E-state index is 11.5. The van der Waals surface area contributed by atoms with E-state index in [-0.39, 0.29) is 5.97 Å². The second-order valence-corrected chi connectivity index (χ2v) is 4.97. The second-order valence-electron chi connectivity index (χ2n) is 3.33. The fraction of sp³-hybridized carbons (Fsp3) is 0.417. The van der Waals surface area contributed by atoms with E-state index in [4.69, 9.17) is 4.74 Å². The number of esters is 1. The summed E-state index contributed by atoms with van der Waals surface area (Å²) >= 11 is 6.79. The highest BCUT2D eigenvalue weighted by atomic mass is 79.9. The second kappa shape index (κ2) is 7.07. The van der Waals surface area contributed by atoms with E-state index >= 15 is 0 Å². The standard InChI is InChI=1S/C12H14Br2O2/c1-2-16-12(15)10-6-5-9(4-3-7-13)8-11(10)14/h5-6,8H,2-4,7H2,1H3. The Morgan fingerprint density at radius 3 is 2.75 bits per heavy atom. The maximum Gasteiger partial charge on any atom is 0.339 e. The first-order chi connectivity index (χ1) is 7.69. The smallest absolute Gasteiger partial charge is 0.339 e. The zero-order valence-electron chi connectivity index (χ0n) is 9.13. The summed E-state index contributed by atoms with van der Waals surface area (Å²) in [4.78, 5) is 11.5. The van der Waals surface area contributed by atoms with Crippen LogP contribution < -0.4 is 0 Å². The molecule has 1 rings (SSSR count). The van der Waals surface area contributed by atoms with Gasteiger partial charge >= 0.3 is 5.97 Å². The molecule has 0 saturated carbocycles. The van der Waals surface area contributed by atoms with Crippen molar-refractivity contribution >= 4 is 37.8 Å². The van der Waals surface area contributed by atoms with Gasteiger partial charge in [0.15, 0.2) is 0 Å². The van der Waals surface area contributed by atoms with Crippen molar-refractivity contribution in [1.82, 2.24) is 0 Å². The van der Waals surface area contributed by atoms with Crippen LogP contribution in [0.2, 0.25) is 0 Å². The first-order valence-electron chi connectivity index (χ1n) is 5.20. The third-order valence-corrected chi connectivity index (χ3v) is 3.34. The molecule has 0 saturated heterocycles. The van der Waals surface area contributed by atoms with Gasteiger partial charge < -0.3 is 4.74 Å². The number of rotatable bonds is 5. The van der Waals surface area contributed by atoms with Crippen LogP contribution in [0.25, 0.3) is 0 Å². The van der Waals surface area contributed by atoms with Crippen LogP contribution in [0.3, 0.4) is 0 Å². The molecule has 1 aromatic rings. The number of hydrogen-bond acceptors (Lipinski definition) is 2. The summed E-state index contributed by atoms with van der Waals surface area (Å²) in [5, 5.41) is 0.990. The molecule has 2 nitrogen and oxygen atoms in total. The average molecular weight is 350 g/mol. The SMILES string of the molecule is CCOC(=O)c1ccc(CCCBr)cc1Br. The Balaban J connectivity index is 2.78. The van der Waals surface area contributed by atoms with Crippen molar-refractivity contribution in [3.05, 3.63) is 33.8 Å². The summed E-state index contributed by atoms with van der Waals surface area (Å²) in [7, 11) is 0. The van der Waals surface area contributed by atoms with E-state index in [0.717, 1.165) is 22.6 Å². The lowest BCUT2D eigenvalue weighted by atomic mass is 10.1. The Labute approximate surface area is 113 Å². The molecule has 0 unspecified atom stereocenters. The van der Waals surface area contributed by atoms with E-state index in [0.29, 0.717) is 12.2 Å². The largest absolute Gasteiger partial charge is 0.462 e. The topological polar surface area (TPSA) is 26.3 Å². The molecule has 0 atom stereocenters. The molecule has 1 aromatic carbocycles. The van der Waals surface area contributed by atoms with Gasteiger partial charge in [-0.15, -0.1) is 0 Å². The van der Waals surface area contributed by atoms with E-state index in [1.165, 1.54) is 5.56 Å². The highest BCUT2D eigenvalue weighted by Gasteiger charge is 2.10. The molecule has 0 aliphatic heterocycles. The number of ether oxygens (including phenoxy) is 1. The van der Waals surface area contributed by atoms with Crippen molar-refractivity contribution < 1.29 is 9.53 Å². The molecule has 4 heteroatoms. The van der Waals surface area contributed by atoms with E-state index in [1.807, 2.05) is 18.2 Å². The summed E-state index contributed by atoms with van der Waals surface area (Å²) < 4.78 is 5.76. The van der Waals surface area contributed by atoms with Crippen LogP contribution in [0.5, 0.6) is 0 Å². The van der Waals surface area contributed by atoms with E-state index in [1.54, 1.807) is 6.92 Å². The van der Waals surface area contributed by atoms with Crippen molar-refractivity contribution in [2.45, 2.75) is 19.8 Å². The van der Waals surface area contributed by atoms with Crippen LogP contribution in [0.1, 0.15) is 29.3 Å². The van der Waals surface area contributed by atoms with Gasteiger partial charge in [0.2, 0.25) is 0 Å². The minimum absolute atomic E-state index is 0.276. The summed E-state index contributed by atoms with van der Waals surface area (Å²) in [5.74, 6) is -0.276. The van der Waals surface area contributed by atoms with Gasteiger partial charge in [-0.1, -0.05) is 22.0 Å². The molecule has 0 bridgehead atoms. The molecular weight excluding hydrogens is 336 g/mol. The van der Waals surface area contributed by atoms with E-state index < -0.39 is 0 Å². The fourth-order valence-electron chi connectivity index (χ4n) is 1.36. The lowest BCUT2D eigenvalue weighted by Gasteiger charge is -2.06. The molecule has 0 aliphatic rings. The molecule has 0 spiro atoms. The van der Waals surface area contributed by atoms with Crippen molar-refractivity contribution in [3.8, 4) is 0 Å². The molecule has 0 radical (unpaired) electrons. The Morgan fingerprint density at radius 2 is 2.19 bits per heavy atom. The van der Waals surface area contributed by atoms with Gasteiger partial charge in [-0.05, 0) is 53.4 Å². The Bertz CT molecular complexity index is 364. The molecular formula is C12H14Br2O2. The number of carbonyl (C=O) groups is 1. The zero-order chi connectivity index (χ0) is 12.0. The number of hydrogen-bond donors (Lipinski definition) is 0. The number of alkyl halides is 1. The molecule has 0 aromatic heterocycles. The lowest BCUT2D eigenvalue weighted by Crippen LogP contribution is -2.05. The predicted octanol–water partition coefficient (Wildman–Crippen LogP) is 3.95. The summed E-state index contributed by atoms with van der Waals surface area (Å²) in [5.41, 5.74) is 1.81. The predicted molar refractivity (Wildman–Crippen MR) is 72.2 cm³/mol. The Hall–Kier alpha value is -0.350. The van der Waals surface area contributed by atoms with Crippen LogP contribution in [-0.2, 0) is 11.2 Å². The van der Waals surface area contributed by atoms with Crippen LogP contribution in [0.4, 0.5) is 0 Å². The molecule has 0 amide bonds. The molecule has 16 heavy (non-hydrogen) atoms. The summed E-state index contributed by atoms with van der Waals surface area (Å²) in [6, 6.07) is 5.76. The first-order valence-corrected chi connectivity index (χ1v) is 7.12. The van der Waals surface area contributed by atoms with Gasteiger partial charge in [0, 0.05) is 9.80 Å². The quantitative estimate of drug-likeness (QED) is 0.594. The van der Waals surface area contributed by atoms with Crippen molar-refractivity contribution in [2.24, 2.45) is 0 Å². The fourth-order valence-corrected chi connectivity index (χ4v) is 2.23. The van der Waals surface area contributed by atoms with Gasteiger partial charge in [0.05, 0.1) is 12.2 Å². The van der Waals surface area contributed by atoms with Gasteiger partial charge in [-0.2, -0.15) is 0 Å². The lowest BCUT2D eigenvalue weighted by molar-refractivity contribution is 0.0525. The monoisotopic (exact) mass is 348 g/mol. The highest BCUT2D eigenvalue weighted by molar-refractivity contribution is 9.10. The third kappa shape index (κ3) is 3.91. The van der Waals surface area contributed by atoms with Crippen molar-refractivity contribution in [2.75, 3.05) is 11.9 Å². The van der Waals surface area contributed by atoms with Gasteiger partial charge in [-0.25, -0.2) is 4.79 Å². The van der Waals surface area contributed by atoms with Crippen molar-refractivity contribution in [3.63, 3.8) is 0 Å². The number of carbonyl (C=O) groups excluding carboxylic acids is 1. The highest BCUT2D eigenvalue weighted by Crippen LogP contribution is 2.20. The normalized spacial score (nSPS) is 10.2. The first kappa shape index (κ1) is 13.7. The van der Waals surface area contributed by atoms with Crippen LogP contribution in [-0.4, -0.2) is 17.9 Å². The van der Waals surface area contributed by atoms with E-state index in [2.05, 4.69) is 31.9 Å². The van der Waals surface area contributed by atoms with Gasteiger partial charge in [-0.3, -0.25) is 0 Å². The Kier molecular flexibility index (Phi) is 6.06. The van der Waals surface area contributed by atoms with Gasteiger partial charge in [0.1, 0.15) is 0 Å². The number of benzene rings is 1.